The summed E-state index contributed by atoms with van der Waals surface area (Å²) >= 11 is 0. The molecule has 0 aromatic heterocycles. The Morgan fingerprint density at radius 2 is 2.05 bits per heavy atom. The molecular formula is C16H28N2O4. The van der Waals surface area contributed by atoms with Crippen LogP contribution in [0.25, 0.3) is 0 Å². The van der Waals surface area contributed by atoms with E-state index in [9.17, 15) is 9.59 Å². The van der Waals surface area contributed by atoms with E-state index in [1.54, 1.807) is 0 Å². The Bertz CT molecular complexity index is 399. The molecule has 0 bridgehead atoms. The lowest BCUT2D eigenvalue weighted by Gasteiger charge is -2.36. The highest BCUT2D eigenvalue weighted by Gasteiger charge is 2.31. The molecule has 2 atom stereocenters. The van der Waals surface area contributed by atoms with E-state index in [0.29, 0.717) is 38.8 Å². The van der Waals surface area contributed by atoms with Crippen molar-refractivity contribution in [2.75, 3.05) is 39.5 Å². The first-order valence-corrected chi connectivity index (χ1v) is 8.14. The molecule has 2 heterocycles. The summed E-state index contributed by atoms with van der Waals surface area (Å²) in [6, 6.07) is 0. The highest BCUT2D eigenvalue weighted by Crippen LogP contribution is 2.19. The van der Waals surface area contributed by atoms with E-state index >= 15 is 0 Å². The van der Waals surface area contributed by atoms with Crippen molar-refractivity contribution in [2.24, 2.45) is 11.3 Å². The van der Waals surface area contributed by atoms with Gasteiger partial charge in [0.2, 0.25) is 5.91 Å². The Labute approximate surface area is 132 Å². The molecule has 1 N–H and O–H groups in total. The zero-order valence-electron chi connectivity index (χ0n) is 13.9. The number of rotatable bonds is 3. The quantitative estimate of drug-likeness (QED) is 0.837. The van der Waals surface area contributed by atoms with Gasteiger partial charge in [-0.3, -0.25) is 9.59 Å². The van der Waals surface area contributed by atoms with E-state index in [1.807, 2.05) is 25.7 Å². The monoisotopic (exact) mass is 312 g/mol. The lowest BCUT2D eigenvalue weighted by Crippen LogP contribution is -2.50. The average molecular weight is 312 g/mol. The molecule has 2 saturated heterocycles. The van der Waals surface area contributed by atoms with Crippen LogP contribution in [0.4, 0.5) is 0 Å². The number of hydrogen-bond acceptors (Lipinski definition) is 4. The maximum atomic E-state index is 12.4. The van der Waals surface area contributed by atoms with Crippen LogP contribution >= 0.6 is 0 Å². The Kier molecular flexibility index (Phi) is 5.81. The molecule has 22 heavy (non-hydrogen) atoms. The van der Waals surface area contributed by atoms with Crippen LogP contribution in [-0.4, -0.2) is 62.3 Å². The average Bonchev–Trinajstić information content (AvgIpc) is 2.52. The van der Waals surface area contributed by atoms with Crippen molar-refractivity contribution in [1.82, 2.24) is 10.2 Å². The smallest absolute Gasteiger partial charge is 0.254 e. The molecule has 2 aliphatic rings. The molecule has 2 amide bonds. The third kappa shape index (κ3) is 4.68. The summed E-state index contributed by atoms with van der Waals surface area (Å²) in [7, 11) is 0. The van der Waals surface area contributed by atoms with Crippen LogP contribution in [0.2, 0.25) is 0 Å². The SMILES string of the molecule is CC(C)(C)C(=O)NC[C@H]1CCCN(C(=O)[C@H]2COCCO2)C1. The lowest BCUT2D eigenvalue weighted by molar-refractivity contribution is -0.159. The molecular weight excluding hydrogens is 284 g/mol. The van der Waals surface area contributed by atoms with Crippen molar-refractivity contribution in [3.63, 3.8) is 0 Å². The van der Waals surface area contributed by atoms with Gasteiger partial charge in [-0.15, -0.1) is 0 Å². The molecule has 0 aliphatic carbocycles. The van der Waals surface area contributed by atoms with Crippen molar-refractivity contribution in [3.05, 3.63) is 0 Å². The second kappa shape index (κ2) is 7.42. The predicted octanol–water partition coefficient (Wildman–Crippen LogP) is 0.803. The van der Waals surface area contributed by atoms with Gasteiger partial charge in [-0.05, 0) is 18.8 Å². The molecule has 0 saturated carbocycles. The summed E-state index contributed by atoms with van der Waals surface area (Å²) < 4.78 is 10.8. The van der Waals surface area contributed by atoms with E-state index in [2.05, 4.69) is 5.32 Å². The fraction of sp³-hybridized carbons (Fsp3) is 0.875. The molecule has 0 aromatic rings. The van der Waals surface area contributed by atoms with Gasteiger partial charge >= 0.3 is 0 Å². The van der Waals surface area contributed by atoms with Crippen LogP contribution in [0.1, 0.15) is 33.6 Å². The Morgan fingerprint density at radius 3 is 2.68 bits per heavy atom. The fourth-order valence-corrected chi connectivity index (χ4v) is 2.77. The summed E-state index contributed by atoms with van der Waals surface area (Å²) in [6.07, 6.45) is 1.54. The van der Waals surface area contributed by atoms with Gasteiger partial charge in [-0.25, -0.2) is 0 Å². The van der Waals surface area contributed by atoms with Gasteiger partial charge in [0, 0.05) is 25.0 Å². The van der Waals surface area contributed by atoms with Gasteiger partial charge < -0.3 is 19.7 Å². The third-order valence-electron chi connectivity index (χ3n) is 4.15. The topological polar surface area (TPSA) is 67.9 Å². The first-order chi connectivity index (χ1) is 10.4. The van der Waals surface area contributed by atoms with Crippen LogP contribution in [0.5, 0.6) is 0 Å². The molecule has 0 aromatic carbocycles. The van der Waals surface area contributed by atoms with Gasteiger partial charge in [0.1, 0.15) is 0 Å². The van der Waals surface area contributed by atoms with Crippen molar-refractivity contribution in [3.8, 4) is 0 Å². The minimum Gasteiger partial charge on any atom is -0.376 e. The van der Waals surface area contributed by atoms with E-state index in [-0.39, 0.29) is 17.2 Å². The summed E-state index contributed by atoms with van der Waals surface area (Å²) in [6.45, 7) is 9.17. The number of likely N-dealkylation sites (tertiary alicyclic amines) is 1. The number of nitrogens with zero attached hydrogens (tertiary/aromatic N) is 1. The van der Waals surface area contributed by atoms with Crippen LogP contribution in [-0.2, 0) is 19.1 Å². The highest BCUT2D eigenvalue weighted by molar-refractivity contribution is 5.82. The third-order valence-corrected chi connectivity index (χ3v) is 4.15. The minimum absolute atomic E-state index is 0.0200. The molecule has 126 valence electrons. The van der Waals surface area contributed by atoms with E-state index in [0.717, 1.165) is 19.4 Å². The number of piperidine rings is 1. The molecule has 0 spiro atoms. The summed E-state index contributed by atoms with van der Waals surface area (Å²) in [5, 5.41) is 3.00. The normalized spacial score (nSPS) is 26.6. The number of hydrogen-bond donors (Lipinski definition) is 1. The maximum Gasteiger partial charge on any atom is 0.254 e. The largest absolute Gasteiger partial charge is 0.376 e. The van der Waals surface area contributed by atoms with E-state index in [4.69, 9.17) is 9.47 Å². The second-order valence-corrected chi connectivity index (χ2v) is 7.19. The van der Waals surface area contributed by atoms with E-state index < -0.39 is 6.10 Å². The Morgan fingerprint density at radius 1 is 1.27 bits per heavy atom. The van der Waals surface area contributed by atoms with Crippen molar-refractivity contribution in [2.45, 2.75) is 39.7 Å². The van der Waals surface area contributed by atoms with Gasteiger partial charge in [-0.2, -0.15) is 0 Å². The van der Waals surface area contributed by atoms with Gasteiger partial charge in [-0.1, -0.05) is 20.8 Å². The van der Waals surface area contributed by atoms with Gasteiger partial charge in [0.15, 0.2) is 6.10 Å². The number of nitrogens with one attached hydrogen (secondary N) is 1. The van der Waals surface area contributed by atoms with Crippen molar-refractivity contribution in [1.29, 1.82) is 0 Å². The maximum absolute atomic E-state index is 12.4. The number of ether oxygens (including phenoxy) is 2. The van der Waals surface area contributed by atoms with E-state index in [1.165, 1.54) is 0 Å². The summed E-state index contributed by atoms with van der Waals surface area (Å²) in [4.78, 5) is 26.2. The van der Waals surface area contributed by atoms with Crippen LogP contribution in [0, 0.1) is 11.3 Å². The zero-order chi connectivity index (χ0) is 16.2. The molecule has 2 rings (SSSR count). The molecule has 0 radical (unpaired) electrons. The van der Waals surface area contributed by atoms with Crippen molar-refractivity contribution < 1.29 is 19.1 Å². The first kappa shape index (κ1) is 17.2. The van der Waals surface area contributed by atoms with Crippen LogP contribution < -0.4 is 5.32 Å². The van der Waals surface area contributed by atoms with Gasteiger partial charge in [0.05, 0.1) is 19.8 Å². The van der Waals surface area contributed by atoms with Crippen molar-refractivity contribution >= 4 is 11.8 Å². The predicted molar refractivity (Wildman–Crippen MR) is 82.3 cm³/mol. The second-order valence-electron chi connectivity index (χ2n) is 7.19. The molecule has 0 unspecified atom stereocenters. The Balaban J connectivity index is 1.81. The highest BCUT2D eigenvalue weighted by atomic mass is 16.6. The number of carbonyl (C=O) groups excluding carboxylic acids is 2. The molecule has 2 aliphatic heterocycles. The summed E-state index contributed by atoms with van der Waals surface area (Å²) in [5.41, 5.74) is -0.378. The van der Waals surface area contributed by atoms with Crippen LogP contribution in [0.15, 0.2) is 0 Å². The number of amides is 2. The minimum atomic E-state index is -0.461. The fourth-order valence-electron chi connectivity index (χ4n) is 2.77. The Hall–Kier alpha value is -1.14. The van der Waals surface area contributed by atoms with Crippen LogP contribution in [0.3, 0.4) is 0 Å². The number of carbonyl (C=O) groups is 2. The molecule has 2 fully saturated rings. The lowest BCUT2D eigenvalue weighted by atomic mass is 9.94. The van der Waals surface area contributed by atoms with Gasteiger partial charge in [0.25, 0.3) is 5.91 Å². The zero-order valence-corrected chi connectivity index (χ0v) is 13.9. The standard InChI is InChI=1S/C16H28N2O4/c1-16(2,3)15(20)17-9-12-5-4-6-18(10-12)14(19)13-11-21-7-8-22-13/h12-13H,4-11H2,1-3H3,(H,17,20)/t12-,13-/m1/s1. The summed E-state index contributed by atoms with van der Waals surface area (Å²) in [5.74, 6) is 0.389. The molecule has 6 heteroatoms. The first-order valence-electron chi connectivity index (χ1n) is 8.14. The molecule has 6 nitrogen and oxygen atoms in total.